The van der Waals surface area contributed by atoms with E-state index in [-0.39, 0.29) is 18.1 Å². The van der Waals surface area contributed by atoms with Gasteiger partial charge in [-0.1, -0.05) is 42.0 Å². The molecule has 1 fully saturated rings. The molecule has 4 rings (SSSR count). The first kappa shape index (κ1) is 24.3. The first-order chi connectivity index (χ1) is 16.3. The number of hydrogen-bond acceptors (Lipinski definition) is 4. The molecule has 1 heterocycles. The molecule has 3 amide bonds. The van der Waals surface area contributed by atoms with E-state index in [9.17, 15) is 9.59 Å². The van der Waals surface area contributed by atoms with E-state index >= 15 is 0 Å². The molecular formula is C26H22BrIN2O4. The maximum Gasteiger partial charge on any atom is 0.329 e. The molecule has 3 aromatic carbocycles. The van der Waals surface area contributed by atoms with Gasteiger partial charge in [0.25, 0.3) is 5.91 Å². The molecule has 0 aliphatic carbocycles. The minimum atomic E-state index is -0.443. The summed E-state index contributed by atoms with van der Waals surface area (Å²) in [4.78, 5) is 26.6. The summed E-state index contributed by atoms with van der Waals surface area (Å²) in [5.41, 5.74) is 3.89. The summed E-state index contributed by atoms with van der Waals surface area (Å²) in [6, 6.07) is 18.9. The Balaban J connectivity index is 1.53. The van der Waals surface area contributed by atoms with E-state index in [1.54, 1.807) is 19.3 Å². The van der Waals surface area contributed by atoms with Crippen molar-refractivity contribution in [2.24, 2.45) is 0 Å². The van der Waals surface area contributed by atoms with Crippen molar-refractivity contribution in [3.05, 3.63) is 96.7 Å². The van der Waals surface area contributed by atoms with E-state index in [0.717, 1.165) is 20.3 Å². The van der Waals surface area contributed by atoms with Gasteiger partial charge in [0.1, 0.15) is 12.3 Å². The van der Waals surface area contributed by atoms with Crippen molar-refractivity contribution in [2.45, 2.75) is 20.1 Å². The molecule has 3 aromatic rings. The van der Waals surface area contributed by atoms with Crippen LogP contribution in [0.5, 0.6) is 11.5 Å². The van der Waals surface area contributed by atoms with Gasteiger partial charge in [-0.05, 0) is 92.5 Å². The Labute approximate surface area is 220 Å². The van der Waals surface area contributed by atoms with Gasteiger partial charge in [0.15, 0.2) is 11.5 Å². The molecule has 6 nitrogen and oxygen atoms in total. The van der Waals surface area contributed by atoms with Crippen molar-refractivity contribution in [2.75, 3.05) is 7.11 Å². The molecular weight excluding hydrogens is 611 g/mol. The van der Waals surface area contributed by atoms with Gasteiger partial charge in [0.2, 0.25) is 0 Å². The second-order valence-corrected chi connectivity index (χ2v) is 9.92. The third-order valence-corrected chi connectivity index (χ3v) is 6.55. The van der Waals surface area contributed by atoms with E-state index in [4.69, 9.17) is 9.47 Å². The molecule has 34 heavy (non-hydrogen) atoms. The zero-order valence-corrected chi connectivity index (χ0v) is 22.3. The molecule has 0 aromatic heterocycles. The second-order valence-electron chi connectivity index (χ2n) is 7.82. The van der Waals surface area contributed by atoms with Crippen LogP contribution in [0.15, 0.2) is 70.8 Å². The number of nitrogens with one attached hydrogen (secondary N) is 1. The van der Waals surface area contributed by atoms with Crippen molar-refractivity contribution in [3.63, 3.8) is 0 Å². The molecule has 1 N–H and O–H groups in total. The molecule has 0 unspecified atom stereocenters. The Hall–Kier alpha value is -2.85. The smallest absolute Gasteiger partial charge is 0.329 e. The quantitative estimate of drug-likeness (QED) is 0.196. The van der Waals surface area contributed by atoms with Crippen molar-refractivity contribution < 1.29 is 19.1 Å². The van der Waals surface area contributed by atoms with Crippen LogP contribution in [-0.4, -0.2) is 23.9 Å². The Kier molecular flexibility index (Phi) is 7.57. The number of imide groups is 1. The van der Waals surface area contributed by atoms with Crippen molar-refractivity contribution in [1.29, 1.82) is 0 Å². The average Bonchev–Trinajstić information content (AvgIpc) is 3.06. The van der Waals surface area contributed by atoms with Gasteiger partial charge in [-0.2, -0.15) is 0 Å². The van der Waals surface area contributed by atoms with Crippen LogP contribution < -0.4 is 14.8 Å². The lowest BCUT2D eigenvalue weighted by Crippen LogP contribution is -2.30. The molecule has 1 aliphatic rings. The molecule has 0 radical (unpaired) electrons. The third kappa shape index (κ3) is 5.61. The molecule has 0 atom stereocenters. The Bertz CT molecular complexity index is 1270. The number of aryl methyl sites for hydroxylation is 1. The molecule has 8 heteroatoms. The number of rotatable bonds is 7. The molecule has 0 bridgehead atoms. The minimum Gasteiger partial charge on any atom is -0.493 e. The van der Waals surface area contributed by atoms with Crippen LogP contribution in [-0.2, 0) is 17.9 Å². The molecule has 174 valence electrons. The van der Waals surface area contributed by atoms with E-state index < -0.39 is 6.03 Å². The van der Waals surface area contributed by atoms with Crippen LogP contribution in [0.2, 0.25) is 0 Å². The van der Waals surface area contributed by atoms with E-state index in [2.05, 4.69) is 43.8 Å². The summed E-state index contributed by atoms with van der Waals surface area (Å²) < 4.78 is 13.4. The minimum absolute atomic E-state index is 0.208. The first-order valence-electron chi connectivity index (χ1n) is 10.5. The van der Waals surface area contributed by atoms with Crippen molar-refractivity contribution >= 4 is 56.5 Å². The lowest BCUT2D eigenvalue weighted by Gasteiger charge is -2.14. The van der Waals surface area contributed by atoms with Crippen LogP contribution in [0.4, 0.5) is 4.79 Å². The summed E-state index contributed by atoms with van der Waals surface area (Å²) in [6.45, 7) is 2.57. The third-order valence-electron chi connectivity index (χ3n) is 5.24. The van der Waals surface area contributed by atoms with E-state index in [1.165, 1.54) is 4.90 Å². The van der Waals surface area contributed by atoms with E-state index in [0.29, 0.717) is 28.1 Å². The lowest BCUT2D eigenvalue weighted by molar-refractivity contribution is -0.123. The van der Waals surface area contributed by atoms with Crippen LogP contribution in [0.25, 0.3) is 6.08 Å². The van der Waals surface area contributed by atoms with Crippen LogP contribution in [0, 0.1) is 10.5 Å². The van der Waals surface area contributed by atoms with E-state index in [1.807, 2.05) is 61.5 Å². The number of carbonyl (C=O) groups excluding carboxylic acids is 2. The molecule has 1 aliphatic heterocycles. The lowest BCUT2D eigenvalue weighted by atomic mass is 10.1. The number of nitrogens with zero attached hydrogens (tertiary/aromatic N) is 1. The fraction of sp³-hybridized carbons (Fsp3) is 0.154. The monoisotopic (exact) mass is 632 g/mol. The maximum absolute atomic E-state index is 12.9. The number of amides is 3. The van der Waals surface area contributed by atoms with Gasteiger partial charge in [0, 0.05) is 3.57 Å². The first-order valence-corrected chi connectivity index (χ1v) is 12.4. The number of urea groups is 1. The number of methoxy groups -OCH3 is 1. The predicted octanol–water partition coefficient (Wildman–Crippen LogP) is 6.04. The highest BCUT2D eigenvalue weighted by molar-refractivity contribution is 14.1. The summed E-state index contributed by atoms with van der Waals surface area (Å²) in [6.07, 6.45) is 1.63. The highest BCUT2D eigenvalue weighted by atomic mass is 127. The Morgan fingerprint density at radius 2 is 1.82 bits per heavy atom. The highest BCUT2D eigenvalue weighted by Gasteiger charge is 2.33. The van der Waals surface area contributed by atoms with Gasteiger partial charge in [0.05, 0.1) is 18.1 Å². The topological polar surface area (TPSA) is 67.9 Å². The van der Waals surface area contributed by atoms with Gasteiger partial charge in [-0.15, -0.1) is 0 Å². The SMILES string of the molecule is COc1cc(/C=C2/NC(=O)N(Cc3cccc(C)c3)C2=O)cc(Br)c1OCc1ccc(I)cc1. The predicted molar refractivity (Wildman–Crippen MR) is 142 cm³/mol. The zero-order chi connectivity index (χ0) is 24.2. The molecule has 1 saturated heterocycles. The van der Waals surface area contributed by atoms with Crippen LogP contribution >= 0.6 is 38.5 Å². The number of ether oxygens (including phenoxy) is 2. The van der Waals surface area contributed by atoms with Gasteiger partial charge < -0.3 is 14.8 Å². The van der Waals surface area contributed by atoms with Crippen LogP contribution in [0.3, 0.4) is 0 Å². The second kappa shape index (κ2) is 10.6. The normalized spacial score (nSPS) is 14.5. The van der Waals surface area contributed by atoms with Crippen molar-refractivity contribution in [3.8, 4) is 11.5 Å². The average molecular weight is 633 g/mol. The Morgan fingerprint density at radius 1 is 1.06 bits per heavy atom. The zero-order valence-electron chi connectivity index (χ0n) is 18.6. The number of carbonyl (C=O) groups is 2. The molecule has 0 saturated carbocycles. The van der Waals surface area contributed by atoms with Crippen molar-refractivity contribution in [1.82, 2.24) is 10.2 Å². The fourth-order valence-corrected chi connectivity index (χ4v) is 4.51. The van der Waals surface area contributed by atoms with Gasteiger partial charge in [-0.25, -0.2) is 4.79 Å². The summed E-state index contributed by atoms with van der Waals surface area (Å²) >= 11 is 5.81. The van der Waals surface area contributed by atoms with Gasteiger partial charge >= 0.3 is 6.03 Å². The summed E-state index contributed by atoms with van der Waals surface area (Å²) in [5.74, 6) is 0.701. The number of hydrogen-bond donors (Lipinski definition) is 1. The highest BCUT2D eigenvalue weighted by Crippen LogP contribution is 2.38. The number of halogens is 2. The van der Waals surface area contributed by atoms with Crippen LogP contribution in [0.1, 0.15) is 22.3 Å². The Morgan fingerprint density at radius 3 is 2.53 bits per heavy atom. The van der Waals surface area contributed by atoms with Gasteiger partial charge in [-0.3, -0.25) is 9.69 Å². The largest absolute Gasteiger partial charge is 0.493 e. The number of benzene rings is 3. The molecule has 0 spiro atoms. The summed E-state index contributed by atoms with van der Waals surface area (Å²) in [7, 11) is 1.56. The fourth-order valence-electron chi connectivity index (χ4n) is 3.57. The summed E-state index contributed by atoms with van der Waals surface area (Å²) in [5, 5.41) is 2.67. The standard InChI is InChI=1S/C26H22BrIN2O4/c1-16-4-3-5-18(10-16)14-30-25(31)22(29-26(30)32)12-19-11-21(27)24(23(13-19)33-2)34-15-17-6-8-20(28)9-7-17/h3-13H,14-15H2,1-2H3,(H,29,32)/b22-12+. The maximum atomic E-state index is 12.9.